The highest BCUT2D eigenvalue weighted by molar-refractivity contribution is 4.96. The molecule has 0 aliphatic heterocycles. The van der Waals surface area contributed by atoms with E-state index in [2.05, 4.69) is 19.2 Å². The van der Waals surface area contributed by atoms with Crippen molar-refractivity contribution in [2.45, 2.75) is 32.5 Å². The van der Waals surface area contributed by atoms with Gasteiger partial charge in [0.2, 0.25) is 0 Å². The van der Waals surface area contributed by atoms with Crippen molar-refractivity contribution in [3.8, 4) is 0 Å². The van der Waals surface area contributed by atoms with Crippen molar-refractivity contribution >= 4 is 0 Å². The van der Waals surface area contributed by atoms with Gasteiger partial charge in [0, 0.05) is 6.54 Å². The van der Waals surface area contributed by atoms with Crippen LogP contribution in [0.2, 0.25) is 0 Å². The van der Waals surface area contributed by atoms with Crippen molar-refractivity contribution < 1.29 is 9.15 Å². The molecule has 1 atom stereocenters. The molecule has 1 aromatic heterocycles. The lowest BCUT2D eigenvalue weighted by Gasteiger charge is -2.27. The minimum Gasteiger partial charge on any atom is -0.467 e. The van der Waals surface area contributed by atoms with Crippen LogP contribution in [-0.4, -0.2) is 19.2 Å². The van der Waals surface area contributed by atoms with Gasteiger partial charge in [0.25, 0.3) is 0 Å². The summed E-state index contributed by atoms with van der Waals surface area (Å²) in [5.41, 5.74) is -0.110. The summed E-state index contributed by atoms with van der Waals surface area (Å²) in [4.78, 5) is 0. The third-order valence-electron chi connectivity index (χ3n) is 2.44. The van der Waals surface area contributed by atoms with Crippen molar-refractivity contribution in [2.75, 3.05) is 13.6 Å². The summed E-state index contributed by atoms with van der Waals surface area (Å²) in [5.74, 6) is 0.876. The molecule has 0 aromatic carbocycles. The number of nitrogens with one attached hydrogen (secondary N) is 1. The summed E-state index contributed by atoms with van der Waals surface area (Å²) in [7, 11) is 1.93. The summed E-state index contributed by atoms with van der Waals surface area (Å²) in [6.07, 6.45) is 2.65. The third-order valence-corrected chi connectivity index (χ3v) is 2.44. The van der Waals surface area contributed by atoms with Crippen LogP contribution in [0.25, 0.3) is 0 Å². The van der Waals surface area contributed by atoms with E-state index in [0.717, 1.165) is 18.7 Å². The van der Waals surface area contributed by atoms with Crippen molar-refractivity contribution in [1.29, 1.82) is 0 Å². The Kier molecular flexibility index (Phi) is 4.17. The molecule has 0 bridgehead atoms. The molecule has 0 saturated heterocycles. The summed E-state index contributed by atoms with van der Waals surface area (Å²) in [6.45, 7) is 5.62. The molecule has 3 heteroatoms. The van der Waals surface area contributed by atoms with Crippen LogP contribution in [0.3, 0.4) is 0 Å². The summed E-state index contributed by atoms with van der Waals surface area (Å²) < 4.78 is 11.0. The summed E-state index contributed by atoms with van der Waals surface area (Å²) in [6, 6.07) is 3.80. The van der Waals surface area contributed by atoms with Gasteiger partial charge < -0.3 is 14.5 Å². The molecule has 1 unspecified atom stereocenters. The van der Waals surface area contributed by atoms with Crippen LogP contribution in [0.5, 0.6) is 0 Å². The van der Waals surface area contributed by atoms with Gasteiger partial charge in [-0.3, -0.25) is 0 Å². The first kappa shape index (κ1) is 11.3. The molecule has 1 aromatic rings. The predicted molar refractivity (Wildman–Crippen MR) is 56.1 cm³/mol. The van der Waals surface area contributed by atoms with Gasteiger partial charge in [0.15, 0.2) is 0 Å². The molecule has 80 valence electrons. The van der Waals surface area contributed by atoms with E-state index in [0.29, 0.717) is 6.61 Å². The molecule has 0 amide bonds. The Labute approximate surface area is 85.4 Å². The smallest absolute Gasteiger partial charge is 0.129 e. The Morgan fingerprint density at radius 3 is 2.86 bits per heavy atom. The Morgan fingerprint density at radius 2 is 2.36 bits per heavy atom. The minimum absolute atomic E-state index is 0.110. The lowest BCUT2D eigenvalue weighted by Crippen LogP contribution is -2.38. The van der Waals surface area contributed by atoms with Crippen molar-refractivity contribution in [1.82, 2.24) is 5.32 Å². The highest BCUT2D eigenvalue weighted by atomic mass is 16.5. The van der Waals surface area contributed by atoms with Crippen molar-refractivity contribution in [3.63, 3.8) is 0 Å². The molecule has 0 fully saturated rings. The van der Waals surface area contributed by atoms with Gasteiger partial charge in [-0.05, 0) is 32.5 Å². The van der Waals surface area contributed by atoms with Gasteiger partial charge in [-0.25, -0.2) is 0 Å². The normalized spacial score (nSPS) is 15.4. The van der Waals surface area contributed by atoms with Crippen LogP contribution in [0, 0.1) is 0 Å². The van der Waals surface area contributed by atoms with Crippen LogP contribution in [0.1, 0.15) is 26.0 Å². The monoisotopic (exact) mass is 197 g/mol. The van der Waals surface area contributed by atoms with Crippen LogP contribution < -0.4 is 5.32 Å². The fourth-order valence-corrected chi connectivity index (χ4v) is 1.29. The Bertz CT molecular complexity index is 246. The maximum Gasteiger partial charge on any atom is 0.129 e. The molecule has 14 heavy (non-hydrogen) atoms. The zero-order valence-electron chi connectivity index (χ0n) is 9.17. The molecular formula is C11H19NO2. The standard InChI is InChI=1S/C11H19NO2/c1-4-11(2,9-12-3)14-8-10-6-5-7-13-10/h5-7,12H,4,8-9H2,1-3H3. The number of ether oxygens (including phenoxy) is 1. The van der Waals surface area contributed by atoms with Gasteiger partial charge in [-0.1, -0.05) is 6.92 Å². The molecule has 3 nitrogen and oxygen atoms in total. The predicted octanol–water partition coefficient (Wildman–Crippen LogP) is 2.18. The first-order valence-corrected chi connectivity index (χ1v) is 5.01. The van der Waals surface area contributed by atoms with Gasteiger partial charge in [-0.15, -0.1) is 0 Å². The number of rotatable bonds is 6. The molecule has 0 spiro atoms. The molecule has 0 aliphatic carbocycles. The number of hydrogen-bond acceptors (Lipinski definition) is 3. The number of furan rings is 1. The molecule has 1 heterocycles. The van der Waals surface area contributed by atoms with E-state index in [1.807, 2.05) is 19.2 Å². The molecule has 0 saturated carbocycles. The van der Waals surface area contributed by atoms with E-state index in [4.69, 9.17) is 9.15 Å². The lowest BCUT2D eigenvalue weighted by molar-refractivity contribution is -0.0494. The topological polar surface area (TPSA) is 34.4 Å². The largest absolute Gasteiger partial charge is 0.467 e. The quantitative estimate of drug-likeness (QED) is 0.759. The second-order valence-corrected chi connectivity index (χ2v) is 3.70. The maximum atomic E-state index is 5.81. The fraction of sp³-hybridized carbons (Fsp3) is 0.636. The molecule has 1 rings (SSSR count). The number of hydrogen-bond donors (Lipinski definition) is 1. The highest BCUT2D eigenvalue weighted by Crippen LogP contribution is 2.16. The van der Waals surface area contributed by atoms with Gasteiger partial charge >= 0.3 is 0 Å². The van der Waals surface area contributed by atoms with Crippen LogP contribution in [0.4, 0.5) is 0 Å². The van der Waals surface area contributed by atoms with Crippen molar-refractivity contribution in [2.24, 2.45) is 0 Å². The zero-order chi connectivity index (χ0) is 10.4. The van der Waals surface area contributed by atoms with Gasteiger partial charge in [0.1, 0.15) is 12.4 Å². The molecule has 0 radical (unpaired) electrons. The second kappa shape index (κ2) is 5.17. The van der Waals surface area contributed by atoms with E-state index in [9.17, 15) is 0 Å². The Balaban J connectivity index is 2.41. The van der Waals surface area contributed by atoms with Crippen LogP contribution in [0.15, 0.2) is 22.8 Å². The molecule has 1 N–H and O–H groups in total. The molecular weight excluding hydrogens is 178 g/mol. The zero-order valence-corrected chi connectivity index (χ0v) is 9.17. The Hall–Kier alpha value is -0.800. The summed E-state index contributed by atoms with van der Waals surface area (Å²) >= 11 is 0. The van der Waals surface area contributed by atoms with Gasteiger partial charge in [-0.2, -0.15) is 0 Å². The van der Waals surface area contributed by atoms with E-state index < -0.39 is 0 Å². The van der Waals surface area contributed by atoms with E-state index in [1.165, 1.54) is 0 Å². The van der Waals surface area contributed by atoms with E-state index in [-0.39, 0.29) is 5.60 Å². The molecule has 0 aliphatic rings. The SMILES string of the molecule is CCC(C)(CNC)OCc1ccco1. The second-order valence-electron chi connectivity index (χ2n) is 3.70. The number of likely N-dealkylation sites (N-methyl/N-ethyl adjacent to an activating group) is 1. The Morgan fingerprint density at radius 1 is 1.57 bits per heavy atom. The van der Waals surface area contributed by atoms with Crippen LogP contribution in [-0.2, 0) is 11.3 Å². The first-order chi connectivity index (χ1) is 6.70. The van der Waals surface area contributed by atoms with E-state index >= 15 is 0 Å². The average molecular weight is 197 g/mol. The highest BCUT2D eigenvalue weighted by Gasteiger charge is 2.21. The van der Waals surface area contributed by atoms with E-state index in [1.54, 1.807) is 6.26 Å². The van der Waals surface area contributed by atoms with Crippen molar-refractivity contribution in [3.05, 3.63) is 24.2 Å². The summed E-state index contributed by atoms with van der Waals surface area (Å²) in [5, 5.41) is 3.13. The maximum absolute atomic E-state index is 5.81. The minimum atomic E-state index is -0.110. The van der Waals surface area contributed by atoms with Crippen LogP contribution >= 0.6 is 0 Å². The lowest BCUT2D eigenvalue weighted by atomic mass is 10.0. The third kappa shape index (κ3) is 3.16. The average Bonchev–Trinajstić information content (AvgIpc) is 2.68. The fourth-order valence-electron chi connectivity index (χ4n) is 1.29. The van der Waals surface area contributed by atoms with Gasteiger partial charge in [0.05, 0.1) is 11.9 Å². The first-order valence-electron chi connectivity index (χ1n) is 5.01.